The number of carbonyl (C=O) groups excluding carboxylic acids is 1. The van der Waals surface area contributed by atoms with Gasteiger partial charge in [-0.15, -0.1) is 0 Å². The number of nitrogens with zero attached hydrogens (tertiary/aromatic N) is 1. The first-order chi connectivity index (χ1) is 9.51. The summed E-state index contributed by atoms with van der Waals surface area (Å²) in [5, 5.41) is 6.70. The van der Waals surface area contributed by atoms with Crippen molar-refractivity contribution in [1.82, 2.24) is 5.16 Å². The predicted molar refractivity (Wildman–Crippen MR) is 78.9 cm³/mol. The summed E-state index contributed by atoms with van der Waals surface area (Å²) in [6, 6.07) is 6.13. The number of aromatic nitrogens is 1. The molecule has 0 saturated carbocycles. The second-order valence-electron chi connectivity index (χ2n) is 5.08. The molecule has 1 heterocycles. The monoisotopic (exact) mass is 272 g/mol. The molecule has 1 aromatic heterocycles. The van der Waals surface area contributed by atoms with Gasteiger partial charge in [-0.25, -0.2) is 0 Å². The topological polar surface area (TPSA) is 55.1 Å². The van der Waals surface area contributed by atoms with Crippen LogP contribution in [0.15, 0.2) is 22.7 Å². The lowest BCUT2D eigenvalue weighted by molar-refractivity contribution is -0.115. The van der Waals surface area contributed by atoms with E-state index in [2.05, 4.69) is 10.5 Å². The van der Waals surface area contributed by atoms with Gasteiger partial charge >= 0.3 is 0 Å². The lowest BCUT2D eigenvalue weighted by atomic mass is 10.0. The lowest BCUT2D eigenvalue weighted by Gasteiger charge is -2.07. The second-order valence-corrected chi connectivity index (χ2v) is 5.08. The zero-order valence-corrected chi connectivity index (χ0v) is 12.4. The van der Waals surface area contributed by atoms with E-state index in [1.165, 1.54) is 0 Å². The summed E-state index contributed by atoms with van der Waals surface area (Å²) in [4.78, 5) is 12.1. The molecule has 2 aromatic rings. The van der Waals surface area contributed by atoms with Crippen molar-refractivity contribution in [3.63, 3.8) is 0 Å². The maximum absolute atomic E-state index is 12.1. The largest absolute Gasteiger partial charge is 0.338 e. The van der Waals surface area contributed by atoms with Gasteiger partial charge in [-0.1, -0.05) is 35.8 Å². The molecule has 0 aliphatic carbocycles. The van der Waals surface area contributed by atoms with Crippen LogP contribution in [0, 0.1) is 20.8 Å². The summed E-state index contributed by atoms with van der Waals surface area (Å²) in [6.45, 7) is 7.93. The smallest absolute Gasteiger partial charge is 0.234 e. The Morgan fingerprint density at radius 2 is 2.05 bits per heavy atom. The summed E-state index contributed by atoms with van der Waals surface area (Å²) in [5.74, 6) is 0.393. The molecular formula is C16H20N2O2. The molecule has 0 aliphatic heterocycles. The Bertz CT molecular complexity index is 629. The van der Waals surface area contributed by atoms with Crippen LogP contribution in [-0.2, 0) is 17.6 Å². The molecule has 0 bridgehead atoms. The maximum atomic E-state index is 12.1. The van der Waals surface area contributed by atoms with Crippen molar-refractivity contribution >= 4 is 11.8 Å². The molecule has 0 spiro atoms. The highest BCUT2D eigenvalue weighted by Crippen LogP contribution is 2.20. The summed E-state index contributed by atoms with van der Waals surface area (Å²) >= 11 is 0. The Morgan fingerprint density at radius 3 is 2.75 bits per heavy atom. The van der Waals surface area contributed by atoms with E-state index in [-0.39, 0.29) is 5.91 Å². The number of hydrogen-bond donors (Lipinski definition) is 1. The molecule has 0 atom stereocenters. The van der Waals surface area contributed by atoms with Gasteiger partial charge in [0.05, 0.1) is 12.1 Å². The number of anilines is 1. The fraction of sp³-hybridized carbons (Fsp3) is 0.375. The molecular weight excluding hydrogens is 252 g/mol. The minimum Gasteiger partial charge on any atom is -0.338 e. The van der Waals surface area contributed by atoms with E-state index in [1.807, 2.05) is 45.9 Å². The van der Waals surface area contributed by atoms with Crippen molar-refractivity contribution in [2.75, 3.05) is 5.32 Å². The summed E-state index contributed by atoms with van der Waals surface area (Å²) in [5.41, 5.74) is 5.10. The number of rotatable bonds is 4. The van der Waals surface area contributed by atoms with Crippen LogP contribution in [-0.4, -0.2) is 11.1 Å². The molecule has 1 amide bonds. The van der Waals surface area contributed by atoms with Crippen molar-refractivity contribution < 1.29 is 9.32 Å². The molecule has 2 rings (SSSR count). The third-order valence-electron chi connectivity index (χ3n) is 3.45. The van der Waals surface area contributed by atoms with Crippen molar-refractivity contribution in [2.24, 2.45) is 0 Å². The number of hydrogen-bond acceptors (Lipinski definition) is 3. The molecule has 4 nitrogen and oxygen atoms in total. The van der Waals surface area contributed by atoms with Crippen molar-refractivity contribution in [1.29, 1.82) is 0 Å². The SMILES string of the molecule is CCc1c(C)noc1NC(=O)Cc1cc(C)ccc1C. The van der Waals surface area contributed by atoms with E-state index in [0.29, 0.717) is 12.3 Å². The van der Waals surface area contributed by atoms with E-state index in [9.17, 15) is 4.79 Å². The van der Waals surface area contributed by atoms with Gasteiger partial charge in [-0.05, 0) is 38.3 Å². The summed E-state index contributed by atoms with van der Waals surface area (Å²) in [6.07, 6.45) is 1.13. The van der Waals surface area contributed by atoms with Crippen LogP contribution < -0.4 is 5.32 Å². The zero-order valence-electron chi connectivity index (χ0n) is 12.4. The fourth-order valence-electron chi connectivity index (χ4n) is 2.24. The quantitative estimate of drug-likeness (QED) is 0.928. The first-order valence-corrected chi connectivity index (χ1v) is 6.82. The molecule has 0 aliphatic rings. The van der Waals surface area contributed by atoms with Crippen LogP contribution in [0.4, 0.5) is 5.88 Å². The van der Waals surface area contributed by atoms with Crippen LogP contribution >= 0.6 is 0 Å². The van der Waals surface area contributed by atoms with Crippen LogP contribution in [0.5, 0.6) is 0 Å². The van der Waals surface area contributed by atoms with Crippen molar-refractivity contribution in [3.05, 3.63) is 46.1 Å². The molecule has 1 N–H and O–H groups in total. The average Bonchev–Trinajstić information content (AvgIpc) is 2.74. The number of aryl methyl sites for hydroxylation is 3. The van der Waals surface area contributed by atoms with Gasteiger partial charge in [-0.2, -0.15) is 0 Å². The third-order valence-corrected chi connectivity index (χ3v) is 3.45. The molecule has 0 fully saturated rings. The Balaban J connectivity index is 2.11. The molecule has 106 valence electrons. The fourth-order valence-corrected chi connectivity index (χ4v) is 2.24. The van der Waals surface area contributed by atoms with Gasteiger partial charge in [-0.3, -0.25) is 10.1 Å². The van der Waals surface area contributed by atoms with E-state index in [1.54, 1.807) is 0 Å². The molecule has 1 aromatic carbocycles. The van der Waals surface area contributed by atoms with Crippen molar-refractivity contribution in [2.45, 2.75) is 40.5 Å². The van der Waals surface area contributed by atoms with Gasteiger partial charge in [0.25, 0.3) is 0 Å². The van der Waals surface area contributed by atoms with Gasteiger partial charge in [0.15, 0.2) is 0 Å². The molecule has 4 heteroatoms. The standard InChI is InChI=1S/C16H20N2O2/c1-5-14-12(4)18-20-16(14)17-15(19)9-13-8-10(2)6-7-11(13)3/h6-8H,5,9H2,1-4H3,(H,17,19). The number of carbonyl (C=O) groups is 1. The highest BCUT2D eigenvalue weighted by atomic mass is 16.5. The van der Waals surface area contributed by atoms with Crippen LogP contribution in [0.2, 0.25) is 0 Å². The van der Waals surface area contributed by atoms with E-state index in [4.69, 9.17) is 4.52 Å². The Morgan fingerprint density at radius 1 is 1.30 bits per heavy atom. The number of nitrogens with one attached hydrogen (secondary N) is 1. The van der Waals surface area contributed by atoms with Crippen LogP contribution in [0.1, 0.15) is 34.9 Å². The molecule has 20 heavy (non-hydrogen) atoms. The van der Waals surface area contributed by atoms with Gasteiger partial charge < -0.3 is 4.52 Å². The second kappa shape index (κ2) is 5.90. The van der Waals surface area contributed by atoms with E-state index < -0.39 is 0 Å². The minimum absolute atomic E-state index is 0.0791. The molecule has 0 saturated heterocycles. The Hall–Kier alpha value is -2.10. The van der Waals surface area contributed by atoms with Crippen LogP contribution in [0.25, 0.3) is 0 Å². The summed E-state index contributed by atoms with van der Waals surface area (Å²) in [7, 11) is 0. The highest BCUT2D eigenvalue weighted by molar-refractivity contribution is 5.91. The Labute approximate surface area is 119 Å². The van der Waals surface area contributed by atoms with E-state index in [0.717, 1.165) is 34.4 Å². The highest BCUT2D eigenvalue weighted by Gasteiger charge is 2.14. The lowest BCUT2D eigenvalue weighted by Crippen LogP contribution is -2.15. The summed E-state index contributed by atoms with van der Waals surface area (Å²) < 4.78 is 5.17. The number of benzene rings is 1. The first kappa shape index (κ1) is 14.3. The van der Waals surface area contributed by atoms with Gasteiger partial charge in [0.1, 0.15) is 0 Å². The minimum atomic E-state index is -0.0791. The molecule has 0 radical (unpaired) electrons. The van der Waals surface area contributed by atoms with Crippen LogP contribution in [0.3, 0.4) is 0 Å². The maximum Gasteiger partial charge on any atom is 0.234 e. The Kier molecular flexibility index (Phi) is 4.23. The van der Waals surface area contributed by atoms with E-state index >= 15 is 0 Å². The third kappa shape index (κ3) is 3.07. The van der Waals surface area contributed by atoms with Gasteiger partial charge in [0.2, 0.25) is 11.8 Å². The van der Waals surface area contributed by atoms with Crippen molar-refractivity contribution in [3.8, 4) is 0 Å². The number of amides is 1. The van der Waals surface area contributed by atoms with Gasteiger partial charge in [0, 0.05) is 5.56 Å². The average molecular weight is 272 g/mol. The normalized spacial score (nSPS) is 10.6. The zero-order chi connectivity index (χ0) is 14.7. The molecule has 0 unspecified atom stereocenters. The first-order valence-electron chi connectivity index (χ1n) is 6.82. The predicted octanol–water partition coefficient (Wildman–Crippen LogP) is 3.34.